The molecule has 0 N–H and O–H groups in total. The number of rotatable bonds is 80. The first kappa shape index (κ1) is 98.4. The summed E-state index contributed by atoms with van der Waals surface area (Å²) in [6.45, 7) is 19.0. The van der Waals surface area contributed by atoms with Crippen LogP contribution in [0.5, 0.6) is 0 Å². The Labute approximate surface area is 716 Å². The number of fused-ring (bicyclic) bond motifs is 10. The van der Waals surface area contributed by atoms with Gasteiger partial charge in [0, 0.05) is 22.0 Å². The van der Waals surface area contributed by atoms with E-state index in [0.29, 0.717) is 0 Å². The molecule has 2 aliphatic carbocycles. The number of unbranched alkanes of at least 4 members (excludes halogenated alkanes) is 48. The topological polar surface area (TPSA) is 51.6 Å². The van der Waals surface area contributed by atoms with Crippen molar-refractivity contribution in [3.05, 3.63) is 58.7 Å². The van der Waals surface area contributed by atoms with Crippen LogP contribution in [0.1, 0.15) is 566 Å². The molecule has 7 rings (SSSR count). The summed E-state index contributed by atoms with van der Waals surface area (Å²) in [5, 5.41) is 0. The molecule has 0 saturated carbocycles. The number of benzene rings is 3. The number of aromatic nitrogens is 4. The largest absolute Gasteiger partial charge is 0.173 e. The highest BCUT2D eigenvalue weighted by atomic mass is 32.1. The molecule has 0 radical (unpaired) electrons. The average Bonchev–Trinajstić information content (AvgIpc) is 1.52. The molecule has 4 unspecified atom stereocenters. The van der Waals surface area contributed by atoms with Gasteiger partial charge >= 0.3 is 0 Å². The van der Waals surface area contributed by atoms with Gasteiger partial charge in [-0.15, -0.1) is 0 Å². The molecule has 114 heavy (non-hydrogen) atoms. The number of hydrogen-bond acceptors (Lipinski definition) is 6. The zero-order chi connectivity index (χ0) is 80.5. The van der Waals surface area contributed by atoms with E-state index in [0.717, 1.165) is 34.7 Å². The maximum atomic E-state index is 5.34. The molecule has 0 amide bonds. The second kappa shape index (κ2) is 62.4. The molecule has 2 aromatic heterocycles. The Bertz CT molecular complexity index is 2820. The summed E-state index contributed by atoms with van der Waals surface area (Å²) in [4.78, 5) is 0. The Hall–Kier alpha value is -2.70. The summed E-state index contributed by atoms with van der Waals surface area (Å²) in [7, 11) is 0. The van der Waals surface area contributed by atoms with E-state index in [1.54, 1.807) is 22.3 Å². The van der Waals surface area contributed by atoms with Gasteiger partial charge in [-0.25, -0.2) is 0 Å². The lowest BCUT2D eigenvalue weighted by molar-refractivity contribution is 0.371. The molecule has 0 saturated heterocycles. The fraction of sp³-hybridized carbons (Fsp3) is 0.833. The zero-order valence-corrected chi connectivity index (χ0v) is 78.8. The van der Waals surface area contributed by atoms with Crippen molar-refractivity contribution in [3.8, 4) is 22.3 Å². The molecule has 6 heteroatoms. The van der Waals surface area contributed by atoms with E-state index in [1.165, 1.54) is 545 Å². The monoisotopic (exact) mass is 1600 g/mol. The first-order chi connectivity index (χ1) is 56.4. The van der Waals surface area contributed by atoms with Gasteiger partial charge in [-0.05, 0) is 107 Å². The van der Waals surface area contributed by atoms with E-state index >= 15 is 0 Å². The molecular formula is C108H186N4S2. The van der Waals surface area contributed by atoms with Crippen LogP contribution in [-0.4, -0.2) is 17.5 Å². The van der Waals surface area contributed by atoms with Crippen LogP contribution in [0, 0.1) is 23.7 Å². The Morgan fingerprint density at radius 2 is 0.404 bits per heavy atom. The minimum atomic E-state index is -0.0526. The van der Waals surface area contributed by atoms with Crippen molar-refractivity contribution >= 4 is 45.5 Å². The van der Waals surface area contributed by atoms with Gasteiger partial charge in [0.2, 0.25) is 0 Å². The summed E-state index contributed by atoms with van der Waals surface area (Å²) >= 11 is 2.89. The molecule has 4 nitrogen and oxygen atoms in total. The lowest BCUT2D eigenvalue weighted by Gasteiger charge is -2.35. The normalized spacial score (nSPS) is 16.2. The van der Waals surface area contributed by atoms with E-state index < -0.39 is 0 Å². The maximum absolute atomic E-state index is 5.34. The molecule has 2 heterocycles. The highest BCUT2D eigenvalue weighted by molar-refractivity contribution is 7.00. The lowest BCUT2D eigenvalue weighted by Crippen LogP contribution is -2.27. The van der Waals surface area contributed by atoms with Crippen molar-refractivity contribution in [2.24, 2.45) is 23.7 Å². The van der Waals surface area contributed by atoms with Crippen LogP contribution in [0.25, 0.3) is 44.3 Å². The summed E-state index contributed by atoms with van der Waals surface area (Å²) in [6.07, 6.45) is 107. The van der Waals surface area contributed by atoms with Crippen LogP contribution in [-0.2, 0) is 10.8 Å². The highest BCUT2D eigenvalue weighted by Crippen LogP contribution is 2.63. The van der Waals surface area contributed by atoms with E-state index in [4.69, 9.17) is 17.5 Å². The van der Waals surface area contributed by atoms with Crippen LogP contribution in [0.3, 0.4) is 0 Å². The van der Waals surface area contributed by atoms with Gasteiger partial charge in [-0.1, -0.05) is 530 Å². The van der Waals surface area contributed by atoms with Crippen LogP contribution in [0.15, 0.2) is 36.4 Å². The van der Waals surface area contributed by atoms with Gasteiger partial charge in [0.25, 0.3) is 0 Å². The van der Waals surface area contributed by atoms with Crippen molar-refractivity contribution in [3.63, 3.8) is 0 Å². The van der Waals surface area contributed by atoms with Crippen LogP contribution in [0.2, 0.25) is 0 Å². The van der Waals surface area contributed by atoms with Gasteiger partial charge < -0.3 is 0 Å². The summed E-state index contributed by atoms with van der Waals surface area (Å²) in [5.41, 5.74) is 16.7. The molecule has 3 aromatic carbocycles. The van der Waals surface area contributed by atoms with Crippen molar-refractivity contribution in [2.45, 2.75) is 554 Å². The van der Waals surface area contributed by atoms with Gasteiger partial charge in [0.1, 0.15) is 22.1 Å². The van der Waals surface area contributed by atoms with Crippen molar-refractivity contribution in [1.29, 1.82) is 0 Å². The average molecular weight is 1600 g/mol. The molecule has 4 atom stereocenters. The zero-order valence-electron chi connectivity index (χ0n) is 77.1. The SMILES string of the molecule is CCCCCCC(CCCC)CCCCCCCCCCCC1(CCCCCCCCCCCC(CCCC)CCCCCC)c2cc3c(cc2-c2c1ccc1nsnc21)C(CCCCCCCCCCCC(CCCC)CCCCCC)(CCCCCCCCCCCC(CCCC)CCCCCC)c1ccc2nsnc2c1-3. The molecule has 5 aromatic rings. The maximum Gasteiger partial charge on any atom is 0.112 e. The first-order valence-electron chi connectivity index (χ1n) is 52.1. The van der Waals surface area contributed by atoms with Gasteiger partial charge in [-0.2, -0.15) is 17.5 Å². The predicted octanol–water partition coefficient (Wildman–Crippen LogP) is 38.5. The molecule has 2 aliphatic rings. The van der Waals surface area contributed by atoms with Crippen LogP contribution in [0.4, 0.5) is 0 Å². The third kappa shape index (κ3) is 35.0. The number of nitrogens with zero attached hydrogens (tertiary/aromatic N) is 4. The van der Waals surface area contributed by atoms with Crippen molar-refractivity contribution in [1.82, 2.24) is 17.5 Å². The summed E-state index contributed by atoms with van der Waals surface area (Å²) < 4.78 is 20.8. The van der Waals surface area contributed by atoms with Crippen molar-refractivity contribution in [2.75, 3.05) is 0 Å². The van der Waals surface area contributed by atoms with Crippen molar-refractivity contribution < 1.29 is 0 Å². The molecule has 0 aliphatic heterocycles. The smallest absolute Gasteiger partial charge is 0.112 e. The molecule has 0 fully saturated rings. The Morgan fingerprint density at radius 3 is 0.623 bits per heavy atom. The van der Waals surface area contributed by atoms with Gasteiger partial charge in [-0.3, -0.25) is 0 Å². The Kier molecular flexibility index (Phi) is 53.9. The minimum Gasteiger partial charge on any atom is -0.173 e. The Balaban J connectivity index is 1.08. The summed E-state index contributed by atoms with van der Waals surface area (Å²) in [5.74, 6) is 3.90. The van der Waals surface area contributed by atoms with Crippen LogP contribution >= 0.6 is 23.5 Å². The molecular weight excluding hydrogens is 1420 g/mol. The third-order valence-corrected chi connectivity index (χ3v) is 30.3. The molecule has 650 valence electrons. The van der Waals surface area contributed by atoms with E-state index in [2.05, 4.69) is 91.8 Å². The highest BCUT2D eigenvalue weighted by Gasteiger charge is 2.49. The number of hydrogen-bond donors (Lipinski definition) is 0. The first-order valence-corrected chi connectivity index (χ1v) is 53.5. The second-order valence-electron chi connectivity index (χ2n) is 38.7. The van der Waals surface area contributed by atoms with E-state index in [9.17, 15) is 0 Å². The van der Waals surface area contributed by atoms with E-state index in [-0.39, 0.29) is 10.8 Å². The fourth-order valence-electron chi connectivity index (χ4n) is 22.0. The minimum absolute atomic E-state index is 0.0526. The Morgan fingerprint density at radius 1 is 0.211 bits per heavy atom. The fourth-order valence-corrected chi connectivity index (χ4v) is 23.1. The summed E-state index contributed by atoms with van der Waals surface area (Å²) in [6, 6.07) is 15.7. The van der Waals surface area contributed by atoms with E-state index in [1.807, 2.05) is 0 Å². The third-order valence-electron chi connectivity index (χ3n) is 29.2. The standard InChI is InChI=1S/C108H186N4S2/c1-9-17-25-57-73-91(69-21-13-5)77-61-49-41-33-29-37-45-53-65-85-107(86-66-54-46-38-30-34-42-50-62-78-92(70-22-14-6)74-58-26-18-10-2)97-81-83-101-105(111-113-109-101)103(97)95-90-100-96(89-99(95)107)104-98(82-84-102-106(104)112-114-110-102)108(100,87-67-55-47-39-31-35-43-51-63-79-93(71-23-15-7)75-59-27-19-11-3)88-68-56-48-40-32-36-44-52-64-80-94(72-24-16-8)76-60-28-20-12-4/h81-84,89-94H,9-80,85-88H2,1-8H3. The quantitative estimate of drug-likeness (QED) is 0.0364. The molecule has 0 spiro atoms. The van der Waals surface area contributed by atoms with Gasteiger partial charge in [0.15, 0.2) is 0 Å². The lowest BCUT2D eigenvalue weighted by atomic mass is 9.68. The van der Waals surface area contributed by atoms with Gasteiger partial charge in [0.05, 0.1) is 23.5 Å². The second-order valence-corrected chi connectivity index (χ2v) is 39.7. The predicted molar refractivity (Wildman–Crippen MR) is 511 cm³/mol. The van der Waals surface area contributed by atoms with Crippen LogP contribution < -0.4 is 0 Å². The molecule has 0 bridgehead atoms.